The number of hydrogen-bond donors (Lipinski definition) is 1. The van der Waals surface area contributed by atoms with Crippen LogP contribution in [0.3, 0.4) is 0 Å². The summed E-state index contributed by atoms with van der Waals surface area (Å²) in [5, 5.41) is 12.2. The molecule has 0 fully saturated rings. The molecule has 0 aliphatic carbocycles. The SMILES string of the molecule is CS(=O)(=O)N(CC(=O)NN=Cc1ccc(OCC#N)cc1)c1cccc(C(F)(F)F)c1. The van der Waals surface area contributed by atoms with E-state index in [4.69, 9.17) is 10.00 Å². The highest BCUT2D eigenvalue weighted by atomic mass is 32.2. The Kier molecular flexibility index (Phi) is 7.60. The molecule has 0 bridgehead atoms. The maximum absolute atomic E-state index is 12.9. The van der Waals surface area contributed by atoms with Crippen LogP contribution in [0.4, 0.5) is 18.9 Å². The molecule has 1 N–H and O–H groups in total. The number of nitriles is 1. The molecule has 31 heavy (non-hydrogen) atoms. The number of ether oxygens (including phenoxy) is 1. The molecule has 2 rings (SSSR count). The maximum atomic E-state index is 12.9. The van der Waals surface area contributed by atoms with Gasteiger partial charge in [0.2, 0.25) is 10.0 Å². The molecule has 0 spiro atoms. The van der Waals surface area contributed by atoms with E-state index >= 15 is 0 Å². The summed E-state index contributed by atoms with van der Waals surface area (Å²) < 4.78 is 68.4. The number of hydrazone groups is 1. The van der Waals surface area contributed by atoms with Crippen molar-refractivity contribution in [3.63, 3.8) is 0 Å². The van der Waals surface area contributed by atoms with Crippen molar-refractivity contribution in [2.24, 2.45) is 5.10 Å². The largest absolute Gasteiger partial charge is 0.479 e. The molecule has 0 heterocycles. The first-order valence-corrected chi connectivity index (χ1v) is 10.4. The molecule has 0 atom stereocenters. The smallest absolute Gasteiger partial charge is 0.416 e. The molecular weight excluding hydrogens is 437 g/mol. The minimum Gasteiger partial charge on any atom is -0.479 e. The van der Waals surface area contributed by atoms with Gasteiger partial charge in [0.05, 0.1) is 23.7 Å². The molecule has 8 nitrogen and oxygen atoms in total. The van der Waals surface area contributed by atoms with E-state index < -0.39 is 34.2 Å². The summed E-state index contributed by atoms with van der Waals surface area (Å²) in [5.74, 6) is -0.388. The summed E-state index contributed by atoms with van der Waals surface area (Å²) >= 11 is 0. The summed E-state index contributed by atoms with van der Waals surface area (Å²) in [7, 11) is -4.05. The van der Waals surface area contributed by atoms with E-state index in [1.165, 1.54) is 6.21 Å². The number of alkyl halides is 3. The third-order valence-corrected chi connectivity index (χ3v) is 4.88. The average Bonchev–Trinajstić information content (AvgIpc) is 2.70. The Bertz CT molecular complexity index is 1090. The van der Waals surface area contributed by atoms with E-state index in [0.29, 0.717) is 21.7 Å². The van der Waals surface area contributed by atoms with Crippen molar-refractivity contribution in [2.75, 3.05) is 23.7 Å². The fourth-order valence-corrected chi connectivity index (χ4v) is 3.20. The number of hydrogen-bond acceptors (Lipinski definition) is 6. The Balaban J connectivity index is 2.07. The molecule has 0 radical (unpaired) electrons. The van der Waals surface area contributed by atoms with Crippen LogP contribution in [0.5, 0.6) is 5.75 Å². The Morgan fingerprint density at radius 3 is 2.52 bits per heavy atom. The van der Waals surface area contributed by atoms with Crippen LogP contribution in [-0.2, 0) is 21.0 Å². The monoisotopic (exact) mass is 454 g/mol. The van der Waals surface area contributed by atoms with E-state index in [9.17, 15) is 26.4 Å². The number of rotatable bonds is 8. The number of anilines is 1. The van der Waals surface area contributed by atoms with Gasteiger partial charge in [-0.05, 0) is 48.0 Å². The minimum atomic E-state index is -4.67. The molecule has 0 unspecified atom stereocenters. The lowest BCUT2D eigenvalue weighted by Crippen LogP contribution is -2.39. The lowest BCUT2D eigenvalue weighted by molar-refractivity contribution is -0.137. The highest BCUT2D eigenvalue weighted by Gasteiger charge is 2.31. The van der Waals surface area contributed by atoms with Crippen LogP contribution in [0.25, 0.3) is 0 Å². The van der Waals surface area contributed by atoms with E-state index in [1.54, 1.807) is 24.3 Å². The maximum Gasteiger partial charge on any atom is 0.416 e. The van der Waals surface area contributed by atoms with Crippen molar-refractivity contribution in [3.05, 3.63) is 59.7 Å². The van der Waals surface area contributed by atoms with Crippen LogP contribution in [0.15, 0.2) is 53.6 Å². The molecule has 12 heteroatoms. The average molecular weight is 454 g/mol. The number of amides is 1. The van der Waals surface area contributed by atoms with Gasteiger partial charge in [-0.25, -0.2) is 13.8 Å². The lowest BCUT2D eigenvalue weighted by atomic mass is 10.2. The molecule has 0 aromatic heterocycles. The number of carbonyl (C=O) groups is 1. The van der Waals surface area contributed by atoms with Crippen molar-refractivity contribution in [2.45, 2.75) is 6.18 Å². The number of benzene rings is 2. The summed E-state index contributed by atoms with van der Waals surface area (Å²) in [6.07, 6.45) is -2.61. The Morgan fingerprint density at radius 2 is 1.94 bits per heavy atom. The van der Waals surface area contributed by atoms with E-state index in [-0.39, 0.29) is 12.3 Å². The quantitative estimate of drug-likeness (QED) is 0.487. The van der Waals surface area contributed by atoms with Crippen molar-refractivity contribution in [3.8, 4) is 11.8 Å². The molecule has 2 aromatic carbocycles. The fraction of sp³-hybridized carbons (Fsp3) is 0.211. The molecule has 1 amide bonds. The van der Waals surface area contributed by atoms with E-state index in [0.717, 1.165) is 24.5 Å². The van der Waals surface area contributed by atoms with Crippen molar-refractivity contribution in [1.82, 2.24) is 5.43 Å². The topological polar surface area (TPSA) is 112 Å². The van der Waals surface area contributed by atoms with Gasteiger partial charge in [0, 0.05) is 0 Å². The normalized spacial score (nSPS) is 11.7. The molecule has 164 valence electrons. The van der Waals surface area contributed by atoms with Crippen LogP contribution < -0.4 is 14.5 Å². The summed E-state index contributed by atoms with van der Waals surface area (Å²) in [6, 6.07) is 11.9. The number of carbonyl (C=O) groups excluding carboxylic acids is 1. The number of sulfonamides is 1. The minimum absolute atomic E-state index is 0.105. The lowest BCUT2D eigenvalue weighted by Gasteiger charge is -2.22. The Hall–Kier alpha value is -3.59. The number of nitrogens with one attached hydrogen (secondary N) is 1. The number of nitrogens with zero attached hydrogens (tertiary/aromatic N) is 3. The van der Waals surface area contributed by atoms with E-state index in [1.807, 2.05) is 6.07 Å². The van der Waals surface area contributed by atoms with Crippen LogP contribution >= 0.6 is 0 Å². The van der Waals surface area contributed by atoms with Gasteiger partial charge in [-0.15, -0.1) is 0 Å². The zero-order valence-electron chi connectivity index (χ0n) is 16.1. The van der Waals surface area contributed by atoms with Crippen molar-refractivity contribution >= 4 is 27.8 Å². The summed E-state index contributed by atoms with van der Waals surface area (Å²) in [5.41, 5.74) is 1.35. The molecule has 2 aromatic rings. The van der Waals surface area contributed by atoms with Crippen LogP contribution in [0, 0.1) is 11.3 Å². The fourth-order valence-electron chi connectivity index (χ4n) is 2.35. The second kappa shape index (κ2) is 9.94. The zero-order valence-corrected chi connectivity index (χ0v) is 16.9. The first kappa shape index (κ1) is 23.7. The zero-order chi connectivity index (χ0) is 23.1. The summed E-state index contributed by atoms with van der Waals surface area (Å²) in [6.45, 7) is -0.870. The van der Waals surface area contributed by atoms with Gasteiger partial charge in [0.1, 0.15) is 18.4 Å². The summed E-state index contributed by atoms with van der Waals surface area (Å²) in [4.78, 5) is 12.1. The second-order valence-corrected chi connectivity index (χ2v) is 8.03. The standard InChI is InChI=1S/C19H17F3N4O4S/c1-31(28,29)26(16-4-2-3-15(11-16)19(20,21)22)13-18(27)25-24-12-14-5-7-17(8-6-14)30-10-9-23/h2-8,11-12H,10,13H2,1H3,(H,25,27). The van der Waals surface area contributed by atoms with Gasteiger partial charge in [-0.2, -0.15) is 23.5 Å². The first-order chi connectivity index (χ1) is 14.5. The highest BCUT2D eigenvalue weighted by Crippen LogP contribution is 2.32. The Labute approximate surface area is 176 Å². The molecule has 0 saturated heterocycles. The molecule has 0 aliphatic heterocycles. The van der Waals surface area contributed by atoms with E-state index in [2.05, 4.69) is 10.5 Å². The van der Waals surface area contributed by atoms with Gasteiger partial charge in [-0.1, -0.05) is 6.07 Å². The van der Waals surface area contributed by atoms with Crippen molar-refractivity contribution < 1.29 is 31.1 Å². The number of halogens is 3. The van der Waals surface area contributed by atoms with Gasteiger partial charge in [0.25, 0.3) is 5.91 Å². The predicted molar refractivity (Wildman–Crippen MR) is 107 cm³/mol. The second-order valence-electron chi connectivity index (χ2n) is 6.13. The van der Waals surface area contributed by atoms with Gasteiger partial charge in [-0.3, -0.25) is 9.10 Å². The van der Waals surface area contributed by atoms with Gasteiger partial charge < -0.3 is 4.74 Å². The molecule has 0 aliphatic rings. The van der Waals surface area contributed by atoms with Crippen LogP contribution in [0.2, 0.25) is 0 Å². The van der Waals surface area contributed by atoms with Gasteiger partial charge >= 0.3 is 6.18 Å². The van der Waals surface area contributed by atoms with Crippen LogP contribution in [-0.4, -0.2) is 39.9 Å². The first-order valence-electron chi connectivity index (χ1n) is 8.57. The van der Waals surface area contributed by atoms with Crippen molar-refractivity contribution in [1.29, 1.82) is 5.26 Å². The predicted octanol–water partition coefficient (Wildman–Crippen LogP) is 2.52. The highest BCUT2D eigenvalue weighted by molar-refractivity contribution is 7.92. The third kappa shape index (κ3) is 7.31. The van der Waals surface area contributed by atoms with Crippen LogP contribution in [0.1, 0.15) is 11.1 Å². The third-order valence-electron chi connectivity index (χ3n) is 3.74. The van der Waals surface area contributed by atoms with Gasteiger partial charge in [0.15, 0.2) is 6.61 Å². The molecular formula is C19H17F3N4O4S. The Morgan fingerprint density at radius 1 is 1.26 bits per heavy atom. The molecule has 0 saturated carbocycles.